The van der Waals surface area contributed by atoms with Crippen molar-refractivity contribution in [2.75, 3.05) is 5.32 Å². The maximum absolute atomic E-state index is 12.6. The Morgan fingerprint density at radius 1 is 1.07 bits per heavy atom. The Bertz CT molecular complexity index is 1200. The summed E-state index contributed by atoms with van der Waals surface area (Å²) in [5, 5.41) is 6.54. The van der Waals surface area contributed by atoms with Crippen molar-refractivity contribution in [3.63, 3.8) is 0 Å². The first-order valence-electron chi connectivity index (χ1n) is 9.15. The summed E-state index contributed by atoms with van der Waals surface area (Å²) in [7, 11) is 0. The molecule has 6 heteroatoms. The first-order valence-corrected chi connectivity index (χ1v) is 10.3. The number of rotatable bonds is 5. The number of ether oxygens (including phenoxy) is 1. The topological polar surface area (TPSA) is 51.2 Å². The van der Waals surface area contributed by atoms with Gasteiger partial charge in [0.2, 0.25) is 0 Å². The third-order valence-electron chi connectivity index (χ3n) is 4.56. The first-order chi connectivity index (χ1) is 14.0. The predicted molar refractivity (Wildman–Crippen MR) is 119 cm³/mol. The summed E-state index contributed by atoms with van der Waals surface area (Å²) in [6.45, 7) is 4.06. The lowest BCUT2D eigenvalue weighted by molar-refractivity contribution is 0.103. The van der Waals surface area contributed by atoms with E-state index >= 15 is 0 Å². The number of thiazole rings is 1. The number of fused-ring (bicyclic) bond motifs is 1. The fraction of sp³-hybridized carbons (Fsp3) is 0.130. The lowest BCUT2D eigenvalue weighted by Gasteiger charge is -2.06. The minimum atomic E-state index is -0.197. The molecule has 0 atom stereocenters. The maximum atomic E-state index is 12.6. The highest BCUT2D eigenvalue weighted by atomic mass is 35.5. The lowest BCUT2D eigenvalue weighted by Crippen LogP contribution is -2.11. The molecule has 0 saturated heterocycles. The van der Waals surface area contributed by atoms with Crippen molar-refractivity contribution < 1.29 is 9.53 Å². The van der Waals surface area contributed by atoms with E-state index in [1.54, 1.807) is 6.07 Å². The summed E-state index contributed by atoms with van der Waals surface area (Å²) < 4.78 is 5.89. The van der Waals surface area contributed by atoms with Crippen molar-refractivity contribution in [1.82, 2.24) is 4.98 Å². The Kier molecular flexibility index (Phi) is 5.51. The van der Waals surface area contributed by atoms with Crippen LogP contribution in [0.3, 0.4) is 0 Å². The van der Waals surface area contributed by atoms with Gasteiger partial charge in [-0.05, 0) is 54.4 Å². The molecule has 0 aliphatic heterocycles. The van der Waals surface area contributed by atoms with E-state index in [4.69, 9.17) is 16.3 Å². The van der Waals surface area contributed by atoms with Crippen LogP contribution >= 0.6 is 22.9 Å². The third kappa shape index (κ3) is 4.42. The largest absolute Gasteiger partial charge is 0.486 e. The molecule has 0 aliphatic carbocycles. The van der Waals surface area contributed by atoms with Gasteiger partial charge in [-0.15, -0.1) is 11.3 Å². The number of nitrogens with one attached hydrogen (secondary N) is 1. The first kappa shape index (κ1) is 19.4. The van der Waals surface area contributed by atoms with Crippen molar-refractivity contribution in [2.24, 2.45) is 0 Å². The van der Waals surface area contributed by atoms with Crippen LogP contribution in [-0.2, 0) is 6.61 Å². The molecule has 0 unspecified atom stereocenters. The summed E-state index contributed by atoms with van der Waals surface area (Å²) in [6.07, 6.45) is 0. The van der Waals surface area contributed by atoms with Gasteiger partial charge in [0.15, 0.2) is 0 Å². The van der Waals surface area contributed by atoms with Gasteiger partial charge in [-0.1, -0.05) is 48.0 Å². The van der Waals surface area contributed by atoms with E-state index in [1.165, 1.54) is 16.7 Å². The Hall–Kier alpha value is -2.89. The number of anilines is 1. The van der Waals surface area contributed by atoms with Crippen LogP contribution in [0.2, 0.25) is 5.02 Å². The second-order valence-electron chi connectivity index (χ2n) is 6.74. The smallest absolute Gasteiger partial charge is 0.267 e. The number of nitrogens with zero attached hydrogens (tertiary/aromatic N) is 1. The summed E-state index contributed by atoms with van der Waals surface area (Å²) in [4.78, 5) is 17.7. The Labute approximate surface area is 178 Å². The van der Waals surface area contributed by atoms with Gasteiger partial charge in [0, 0.05) is 10.7 Å². The number of carbonyl (C=O) groups is 1. The highest BCUT2D eigenvalue weighted by molar-refractivity contribution is 7.13. The summed E-state index contributed by atoms with van der Waals surface area (Å²) in [6, 6.07) is 19.6. The molecule has 0 bridgehead atoms. The van der Waals surface area contributed by atoms with E-state index < -0.39 is 0 Å². The molecular formula is C23H19ClN2O2S. The van der Waals surface area contributed by atoms with E-state index in [1.807, 2.05) is 56.3 Å². The molecular weight excluding hydrogens is 404 g/mol. The summed E-state index contributed by atoms with van der Waals surface area (Å²) in [5.41, 5.74) is 2.31. The summed E-state index contributed by atoms with van der Waals surface area (Å²) in [5.74, 6) is 0.578. The third-order valence-corrected chi connectivity index (χ3v) is 6.10. The molecule has 4 aromatic rings. The number of aryl methyl sites for hydroxylation is 2. The van der Waals surface area contributed by atoms with Gasteiger partial charge in [0.05, 0.1) is 5.69 Å². The molecule has 0 saturated carbocycles. The minimum Gasteiger partial charge on any atom is -0.486 e. The molecule has 3 aromatic carbocycles. The van der Waals surface area contributed by atoms with Crippen molar-refractivity contribution >= 4 is 45.3 Å². The number of benzene rings is 3. The molecule has 1 aromatic heterocycles. The number of amides is 1. The van der Waals surface area contributed by atoms with Crippen molar-refractivity contribution in [1.29, 1.82) is 0 Å². The molecule has 0 radical (unpaired) electrons. The monoisotopic (exact) mass is 422 g/mol. The molecule has 4 rings (SSSR count). The number of halogens is 1. The number of hydrogen-bond donors (Lipinski definition) is 1. The van der Waals surface area contributed by atoms with Gasteiger partial charge >= 0.3 is 0 Å². The van der Waals surface area contributed by atoms with Crippen LogP contribution in [0.4, 0.5) is 5.69 Å². The normalized spacial score (nSPS) is 10.9. The highest BCUT2D eigenvalue weighted by Crippen LogP contribution is 2.25. The molecule has 146 valence electrons. The minimum absolute atomic E-state index is 0.197. The fourth-order valence-electron chi connectivity index (χ4n) is 2.99. The zero-order valence-electron chi connectivity index (χ0n) is 16.0. The molecule has 1 amide bonds. The SMILES string of the molecule is Cc1ccc(NC(=O)c2sc(COc3ccc4ccccc4c3)nc2C)cc1Cl. The van der Waals surface area contributed by atoms with E-state index in [9.17, 15) is 4.79 Å². The second-order valence-corrected chi connectivity index (χ2v) is 8.23. The molecule has 0 aliphatic rings. The Morgan fingerprint density at radius 3 is 2.66 bits per heavy atom. The molecule has 0 fully saturated rings. The average Bonchev–Trinajstić information content (AvgIpc) is 3.10. The van der Waals surface area contributed by atoms with Crippen molar-refractivity contribution in [3.8, 4) is 5.75 Å². The van der Waals surface area contributed by atoms with Gasteiger partial charge < -0.3 is 10.1 Å². The van der Waals surface area contributed by atoms with Crippen LogP contribution in [0, 0.1) is 13.8 Å². The van der Waals surface area contributed by atoms with Crippen LogP contribution in [0.25, 0.3) is 10.8 Å². The number of hydrogen-bond acceptors (Lipinski definition) is 4. The van der Waals surface area contributed by atoms with Crippen LogP contribution in [0.15, 0.2) is 60.7 Å². The Morgan fingerprint density at radius 2 is 1.86 bits per heavy atom. The quantitative estimate of drug-likeness (QED) is 0.405. The van der Waals surface area contributed by atoms with Crippen LogP contribution in [0.5, 0.6) is 5.75 Å². The second kappa shape index (κ2) is 8.23. The zero-order chi connectivity index (χ0) is 20.4. The van der Waals surface area contributed by atoms with Gasteiger partial charge in [-0.2, -0.15) is 0 Å². The molecule has 1 N–H and O–H groups in total. The van der Waals surface area contributed by atoms with E-state index in [0.29, 0.717) is 27.9 Å². The van der Waals surface area contributed by atoms with E-state index in [2.05, 4.69) is 22.4 Å². The Balaban J connectivity index is 1.45. The van der Waals surface area contributed by atoms with E-state index in [0.717, 1.165) is 21.7 Å². The van der Waals surface area contributed by atoms with Gasteiger partial charge in [-0.25, -0.2) is 4.98 Å². The van der Waals surface area contributed by atoms with Crippen molar-refractivity contribution in [2.45, 2.75) is 20.5 Å². The van der Waals surface area contributed by atoms with Gasteiger partial charge in [-0.3, -0.25) is 4.79 Å². The van der Waals surface area contributed by atoms with Gasteiger partial charge in [0.25, 0.3) is 5.91 Å². The number of carbonyl (C=O) groups excluding carboxylic acids is 1. The molecule has 0 spiro atoms. The molecule has 1 heterocycles. The fourth-order valence-corrected chi connectivity index (χ4v) is 4.04. The van der Waals surface area contributed by atoms with E-state index in [-0.39, 0.29) is 5.91 Å². The van der Waals surface area contributed by atoms with Crippen LogP contribution in [0.1, 0.15) is 25.9 Å². The summed E-state index contributed by atoms with van der Waals surface area (Å²) >= 11 is 7.47. The zero-order valence-corrected chi connectivity index (χ0v) is 17.6. The van der Waals surface area contributed by atoms with Gasteiger partial charge in [0.1, 0.15) is 22.2 Å². The standard InChI is InChI=1S/C23H19ClN2O2S/c1-14-7-9-18(12-20(14)24)26-23(27)22-15(2)25-21(29-22)13-28-19-10-8-16-5-3-4-6-17(16)11-19/h3-12H,13H2,1-2H3,(H,26,27). The van der Waals surface area contributed by atoms with Crippen LogP contribution < -0.4 is 10.1 Å². The predicted octanol–water partition coefficient (Wildman–Crippen LogP) is 6.40. The molecule has 29 heavy (non-hydrogen) atoms. The highest BCUT2D eigenvalue weighted by Gasteiger charge is 2.16. The maximum Gasteiger partial charge on any atom is 0.267 e. The number of aromatic nitrogens is 1. The lowest BCUT2D eigenvalue weighted by atomic mass is 10.1. The average molecular weight is 423 g/mol. The molecule has 4 nitrogen and oxygen atoms in total. The van der Waals surface area contributed by atoms with Crippen molar-refractivity contribution in [3.05, 3.63) is 86.8 Å². The van der Waals surface area contributed by atoms with Crippen LogP contribution in [-0.4, -0.2) is 10.9 Å².